The molecule has 0 unspecified atom stereocenters. The molecule has 1 heterocycles. The van der Waals surface area contributed by atoms with E-state index in [4.69, 9.17) is 27.9 Å². The molecule has 0 bridgehead atoms. The van der Waals surface area contributed by atoms with Crippen LogP contribution in [0.5, 0.6) is 5.75 Å². The predicted molar refractivity (Wildman–Crippen MR) is 72.4 cm³/mol. The smallest absolute Gasteiger partial charge is 0.174 e. The Morgan fingerprint density at radius 3 is 2.83 bits per heavy atom. The Hall–Kier alpha value is -1.52. The molecule has 0 saturated heterocycles. The molecule has 1 N–H and O–H groups in total. The molecule has 0 atom stereocenters. The van der Waals surface area contributed by atoms with Crippen LogP contribution in [0.15, 0.2) is 30.3 Å². The van der Waals surface area contributed by atoms with Crippen LogP contribution in [-0.2, 0) is 6.54 Å². The van der Waals surface area contributed by atoms with Gasteiger partial charge in [0.05, 0.1) is 12.8 Å². The fourth-order valence-electron chi connectivity index (χ4n) is 1.46. The van der Waals surface area contributed by atoms with E-state index in [9.17, 15) is 0 Å². The zero-order chi connectivity index (χ0) is 13.0. The lowest BCUT2D eigenvalue weighted by Crippen LogP contribution is -2.01. The SMILES string of the molecule is COc1cccc(CNc2cc(Cl)nnc2Cl)c1. The Morgan fingerprint density at radius 1 is 1.22 bits per heavy atom. The predicted octanol–water partition coefficient (Wildman–Crippen LogP) is 3.40. The van der Waals surface area contributed by atoms with Crippen molar-refractivity contribution in [3.8, 4) is 5.75 Å². The third-order valence-corrected chi connectivity index (χ3v) is 2.80. The Bertz CT molecular complexity index is 549. The summed E-state index contributed by atoms with van der Waals surface area (Å²) < 4.78 is 5.15. The number of ether oxygens (including phenoxy) is 1. The summed E-state index contributed by atoms with van der Waals surface area (Å²) in [5, 5.41) is 11.1. The second kappa shape index (κ2) is 5.89. The highest BCUT2D eigenvalue weighted by Crippen LogP contribution is 2.22. The van der Waals surface area contributed by atoms with Crippen molar-refractivity contribution in [2.24, 2.45) is 0 Å². The number of hydrogen-bond donors (Lipinski definition) is 1. The minimum Gasteiger partial charge on any atom is -0.497 e. The van der Waals surface area contributed by atoms with Gasteiger partial charge in [0, 0.05) is 12.6 Å². The number of halogens is 2. The fourth-order valence-corrected chi connectivity index (χ4v) is 1.76. The van der Waals surface area contributed by atoms with Gasteiger partial charge in [0.15, 0.2) is 10.3 Å². The third kappa shape index (κ3) is 3.24. The first-order chi connectivity index (χ1) is 8.69. The first-order valence-corrected chi connectivity index (χ1v) is 6.00. The van der Waals surface area contributed by atoms with Crippen LogP contribution in [0.25, 0.3) is 0 Å². The van der Waals surface area contributed by atoms with Gasteiger partial charge < -0.3 is 10.1 Å². The molecule has 0 amide bonds. The van der Waals surface area contributed by atoms with E-state index in [2.05, 4.69) is 15.5 Å². The highest BCUT2D eigenvalue weighted by atomic mass is 35.5. The Balaban J connectivity index is 2.08. The summed E-state index contributed by atoms with van der Waals surface area (Å²) in [6, 6.07) is 9.38. The van der Waals surface area contributed by atoms with Gasteiger partial charge in [-0.05, 0) is 17.7 Å². The molecule has 0 aliphatic carbocycles. The molecule has 18 heavy (non-hydrogen) atoms. The number of benzene rings is 1. The van der Waals surface area contributed by atoms with Crippen molar-refractivity contribution in [3.63, 3.8) is 0 Å². The standard InChI is InChI=1S/C12H11Cl2N3O/c1-18-9-4-2-3-8(5-9)7-15-10-6-11(13)16-17-12(10)14/h2-6H,7H2,1H3,(H,15,16). The zero-order valence-corrected chi connectivity index (χ0v) is 11.2. The van der Waals surface area contributed by atoms with Crippen LogP contribution < -0.4 is 10.1 Å². The van der Waals surface area contributed by atoms with Gasteiger partial charge in [0.25, 0.3) is 0 Å². The molecule has 1 aromatic carbocycles. The Kier molecular flexibility index (Phi) is 4.23. The molecule has 0 fully saturated rings. The third-order valence-electron chi connectivity index (χ3n) is 2.34. The number of rotatable bonds is 4. The van der Waals surface area contributed by atoms with Gasteiger partial charge in [-0.2, -0.15) is 0 Å². The molecular formula is C12H11Cl2N3O. The van der Waals surface area contributed by atoms with Crippen LogP contribution in [0.3, 0.4) is 0 Å². The van der Waals surface area contributed by atoms with Crippen molar-refractivity contribution < 1.29 is 4.74 Å². The van der Waals surface area contributed by atoms with E-state index >= 15 is 0 Å². The fraction of sp³-hybridized carbons (Fsp3) is 0.167. The van der Waals surface area contributed by atoms with Crippen LogP contribution in [-0.4, -0.2) is 17.3 Å². The van der Waals surface area contributed by atoms with E-state index in [0.29, 0.717) is 22.5 Å². The molecule has 0 radical (unpaired) electrons. The van der Waals surface area contributed by atoms with E-state index in [1.54, 1.807) is 13.2 Å². The zero-order valence-electron chi connectivity index (χ0n) is 9.65. The molecule has 0 saturated carbocycles. The molecule has 0 spiro atoms. The van der Waals surface area contributed by atoms with Gasteiger partial charge >= 0.3 is 0 Å². The molecule has 1 aromatic heterocycles. The van der Waals surface area contributed by atoms with Crippen molar-refractivity contribution in [2.75, 3.05) is 12.4 Å². The van der Waals surface area contributed by atoms with Gasteiger partial charge in [0.1, 0.15) is 5.75 Å². The van der Waals surface area contributed by atoms with Gasteiger partial charge in [0.2, 0.25) is 0 Å². The highest BCUT2D eigenvalue weighted by Gasteiger charge is 2.04. The van der Waals surface area contributed by atoms with Crippen LogP contribution in [0.4, 0.5) is 5.69 Å². The van der Waals surface area contributed by atoms with Crippen LogP contribution in [0.1, 0.15) is 5.56 Å². The largest absolute Gasteiger partial charge is 0.497 e. The number of nitrogens with zero attached hydrogens (tertiary/aromatic N) is 2. The first kappa shape index (κ1) is 12.9. The summed E-state index contributed by atoms with van der Waals surface area (Å²) in [7, 11) is 1.63. The minimum absolute atomic E-state index is 0.294. The second-order valence-electron chi connectivity index (χ2n) is 3.58. The Morgan fingerprint density at radius 2 is 2.06 bits per heavy atom. The monoisotopic (exact) mass is 283 g/mol. The average Bonchev–Trinajstić information content (AvgIpc) is 2.40. The topological polar surface area (TPSA) is 47.0 Å². The summed E-state index contributed by atoms with van der Waals surface area (Å²) in [5.41, 5.74) is 1.72. The second-order valence-corrected chi connectivity index (χ2v) is 4.32. The van der Waals surface area contributed by atoms with Crippen molar-refractivity contribution in [1.82, 2.24) is 10.2 Å². The lowest BCUT2D eigenvalue weighted by atomic mass is 10.2. The summed E-state index contributed by atoms with van der Waals surface area (Å²) in [5.74, 6) is 0.811. The summed E-state index contributed by atoms with van der Waals surface area (Å²) in [6.45, 7) is 0.596. The maximum Gasteiger partial charge on any atom is 0.174 e. The maximum absolute atomic E-state index is 5.90. The van der Waals surface area contributed by atoms with Gasteiger partial charge in [-0.25, -0.2) is 0 Å². The number of aromatic nitrogens is 2. The van der Waals surface area contributed by atoms with Crippen molar-refractivity contribution in [1.29, 1.82) is 0 Å². The van der Waals surface area contributed by atoms with Gasteiger partial charge in [-0.15, -0.1) is 10.2 Å². The normalized spacial score (nSPS) is 10.2. The van der Waals surface area contributed by atoms with Gasteiger partial charge in [-0.3, -0.25) is 0 Å². The summed E-state index contributed by atoms with van der Waals surface area (Å²) in [6.07, 6.45) is 0. The van der Waals surface area contributed by atoms with Crippen molar-refractivity contribution >= 4 is 28.9 Å². The number of anilines is 1. The summed E-state index contributed by atoms with van der Waals surface area (Å²) in [4.78, 5) is 0. The van der Waals surface area contributed by atoms with E-state index < -0.39 is 0 Å². The molecule has 0 aliphatic heterocycles. The molecule has 2 aromatic rings. The van der Waals surface area contributed by atoms with E-state index in [-0.39, 0.29) is 0 Å². The quantitative estimate of drug-likeness (QED) is 0.934. The molecule has 4 nitrogen and oxygen atoms in total. The van der Waals surface area contributed by atoms with Crippen molar-refractivity contribution in [2.45, 2.75) is 6.54 Å². The average molecular weight is 284 g/mol. The van der Waals surface area contributed by atoms with E-state index in [1.807, 2.05) is 24.3 Å². The van der Waals surface area contributed by atoms with Crippen LogP contribution in [0, 0.1) is 0 Å². The Labute approximate surface area is 115 Å². The maximum atomic E-state index is 5.90. The number of nitrogens with one attached hydrogen (secondary N) is 1. The lowest BCUT2D eigenvalue weighted by molar-refractivity contribution is 0.414. The molecular weight excluding hydrogens is 273 g/mol. The molecule has 94 valence electrons. The highest BCUT2D eigenvalue weighted by molar-refractivity contribution is 6.33. The van der Waals surface area contributed by atoms with Gasteiger partial charge in [-0.1, -0.05) is 35.3 Å². The minimum atomic E-state index is 0.294. The molecule has 2 rings (SSSR count). The molecule has 0 aliphatic rings. The lowest BCUT2D eigenvalue weighted by Gasteiger charge is -2.08. The number of hydrogen-bond acceptors (Lipinski definition) is 4. The van der Waals surface area contributed by atoms with E-state index in [0.717, 1.165) is 11.3 Å². The first-order valence-electron chi connectivity index (χ1n) is 5.24. The van der Waals surface area contributed by atoms with Crippen molar-refractivity contribution in [3.05, 3.63) is 46.2 Å². The van der Waals surface area contributed by atoms with Crippen LogP contribution in [0.2, 0.25) is 10.3 Å². The summed E-state index contributed by atoms with van der Waals surface area (Å²) >= 11 is 11.7. The van der Waals surface area contributed by atoms with Crippen LogP contribution >= 0.6 is 23.2 Å². The number of methoxy groups -OCH3 is 1. The van der Waals surface area contributed by atoms with E-state index in [1.165, 1.54) is 0 Å². The molecule has 6 heteroatoms.